The van der Waals surface area contributed by atoms with E-state index in [1.54, 1.807) is 12.1 Å². The first kappa shape index (κ1) is 23.4. The third-order valence-electron chi connectivity index (χ3n) is 4.34. The molecule has 1 saturated heterocycles. The van der Waals surface area contributed by atoms with Crippen LogP contribution in [0.25, 0.3) is 0 Å². The molecule has 2 N–H and O–H groups in total. The van der Waals surface area contributed by atoms with Gasteiger partial charge in [0.25, 0.3) is 5.91 Å². The lowest BCUT2D eigenvalue weighted by molar-refractivity contribution is 0.0621. The van der Waals surface area contributed by atoms with Gasteiger partial charge in [-0.3, -0.25) is 9.69 Å². The summed E-state index contributed by atoms with van der Waals surface area (Å²) in [7, 11) is 0. The van der Waals surface area contributed by atoms with Crippen molar-refractivity contribution in [2.75, 3.05) is 45.1 Å². The number of benzene rings is 2. The molecule has 1 amide bonds. The summed E-state index contributed by atoms with van der Waals surface area (Å²) in [5, 5.41) is 0.701. The van der Waals surface area contributed by atoms with Crippen molar-refractivity contribution in [1.82, 2.24) is 9.80 Å². The van der Waals surface area contributed by atoms with Crippen LogP contribution < -0.4 is 10.5 Å². The fourth-order valence-electron chi connectivity index (χ4n) is 2.86. The average Bonchev–Trinajstić information content (AvgIpc) is 2.64. The van der Waals surface area contributed by atoms with Crippen molar-refractivity contribution in [2.45, 2.75) is 0 Å². The first-order valence-electron chi connectivity index (χ1n) is 8.38. The van der Waals surface area contributed by atoms with E-state index in [9.17, 15) is 4.79 Å². The number of hydrogen-bond acceptors (Lipinski definition) is 4. The van der Waals surface area contributed by atoms with Crippen molar-refractivity contribution in [2.24, 2.45) is 0 Å². The van der Waals surface area contributed by atoms with Crippen molar-refractivity contribution in [3.8, 4) is 5.75 Å². The molecule has 0 saturated carbocycles. The van der Waals surface area contributed by atoms with E-state index in [0.717, 1.165) is 25.4 Å². The molecule has 1 aliphatic heterocycles. The van der Waals surface area contributed by atoms with E-state index in [-0.39, 0.29) is 30.7 Å². The predicted molar refractivity (Wildman–Crippen MR) is 115 cm³/mol. The standard InChI is InChI=1S/C19H22ClN3O2.2ClH/c20-15-5-7-16(8-6-15)25-14-13-22-9-11-23(12-10-22)19(24)17-3-1-2-4-18(17)21;;/h1-8H,9-14,21H2;2*1H. The zero-order valence-corrected chi connectivity index (χ0v) is 17.2. The van der Waals surface area contributed by atoms with E-state index < -0.39 is 0 Å². The number of nitrogens with two attached hydrogens (primary N) is 1. The summed E-state index contributed by atoms with van der Waals surface area (Å²) in [6, 6.07) is 14.6. The van der Waals surface area contributed by atoms with E-state index in [1.165, 1.54) is 0 Å². The summed E-state index contributed by atoms with van der Waals surface area (Å²) in [5.74, 6) is 0.827. The Morgan fingerprint density at radius 2 is 1.63 bits per heavy atom. The quantitative estimate of drug-likeness (QED) is 0.733. The van der Waals surface area contributed by atoms with Gasteiger partial charge in [-0.2, -0.15) is 0 Å². The Morgan fingerprint density at radius 3 is 2.26 bits per heavy atom. The number of para-hydroxylation sites is 1. The molecule has 5 nitrogen and oxygen atoms in total. The van der Waals surface area contributed by atoms with E-state index >= 15 is 0 Å². The number of amides is 1. The van der Waals surface area contributed by atoms with Gasteiger partial charge in [0, 0.05) is 43.4 Å². The third kappa shape index (κ3) is 6.47. The molecule has 0 unspecified atom stereocenters. The molecule has 1 aliphatic rings. The summed E-state index contributed by atoms with van der Waals surface area (Å²) in [4.78, 5) is 16.7. The lowest BCUT2D eigenvalue weighted by atomic mass is 10.1. The third-order valence-corrected chi connectivity index (χ3v) is 4.59. The van der Waals surface area contributed by atoms with Crippen LogP contribution in [-0.2, 0) is 0 Å². The molecular formula is C19H24Cl3N3O2. The molecule has 2 aromatic carbocycles. The minimum Gasteiger partial charge on any atom is -0.492 e. The fourth-order valence-corrected chi connectivity index (χ4v) is 2.99. The van der Waals surface area contributed by atoms with Crippen molar-refractivity contribution >= 4 is 48.0 Å². The Balaban J connectivity index is 0.00000182. The molecule has 27 heavy (non-hydrogen) atoms. The molecule has 1 fully saturated rings. The molecule has 0 bridgehead atoms. The first-order chi connectivity index (χ1) is 12.1. The van der Waals surface area contributed by atoms with Gasteiger partial charge in [-0.15, -0.1) is 24.8 Å². The van der Waals surface area contributed by atoms with Crippen LogP contribution in [0.3, 0.4) is 0 Å². The molecule has 148 valence electrons. The highest BCUT2D eigenvalue weighted by molar-refractivity contribution is 6.30. The maximum Gasteiger partial charge on any atom is 0.256 e. The maximum absolute atomic E-state index is 12.5. The molecule has 0 radical (unpaired) electrons. The van der Waals surface area contributed by atoms with Crippen LogP contribution in [0.5, 0.6) is 5.75 Å². The molecule has 8 heteroatoms. The second kappa shape index (κ2) is 11.2. The zero-order valence-electron chi connectivity index (χ0n) is 14.8. The van der Waals surface area contributed by atoms with Crippen molar-refractivity contribution < 1.29 is 9.53 Å². The largest absolute Gasteiger partial charge is 0.492 e. The molecule has 1 heterocycles. The number of carbonyl (C=O) groups is 1. The van der Waals surface area contributed by atoms with Crippen LogP contribution in [-0.4, -0.2) is 55.0 Å². The molecule has 0 atom stereocenters. The summed E-state index contributed by atoms with van der Waals surface area (Å²) < 4.78 is 5.73. The van der Waals surface area contributed by atoms with Gasteiger partial charge in [0.05, 0.1) is 5.56 Å². The molecule has 0 aliphatic carbocycles. The first-order valence-corrected chi connectivity index (χ1v) is 8.76. The maximum atomic E-state index is 12.5. The number of nitrogen functional groups attached to an aromatic ring is 1. The summed E-state index contributed by atoms with van der Waals surface area (Å²) in [6.45, 7) is 4.52. The van der Waals surface area contributed by atoms with Gasteiger partial charge in [0.15, 0.2) is 0 Å². The van der Waals surface area contributed by atoms with E-state index in [2.05, 4.69) is 4.90 Å². The molecule has 0 aromatic heterocycles. The fraction of sp³-hybridized carbons (Fsp3) is 0.316. The number of anilines is 1. The number of ether oxygens (including phenoxy) is 1. The second-order valence-electron chi connectivity index (χ2n) is 6.02. The van der Waals surface area contributed by atoms with E-state index in [1.807, 2.05) is 41.3 Å². The van der Waals surface area contributed by atoms with Crippen LogP contribution in [0.1, 0.15) is 10.4 Å². The number of carbonyl (C=O) groups excluding carboxylic acids is 1. The van der Waals surface area contributed by atoms with Gasteiger partial charge in [0.1, 0.15) is 12.4 Å². The minimum absolute atomic E-state index is 0. The zero-order chi connectivity index (χ0) is 17.6. The van der Waals surface area contributed by atoms with E-state index in [4.69, 9.17) is 22.1 Å². The lowest BCUT2D eigenvalue weighted by Gasteiger charge is -2.34. The Morgan fingerprint density at radius 1 is 1.00 bits per heavy atom. The van der Waals surface area contributed by atoms with Crippen molar-refractivity contribution in [3.63, 3.8) is 0 Å². The lowest BCUT2D eigenvalue weighted by Crippen LogP contribution is -2.49. The number of hydrogen-bond donors (Lipinski definition) is 1. The Kier molecular flexibility index (Phi) is 9.74. The average molecular weight is 433 g/mol. The highest BCUT2D eigenvalue weighted by Crippen LogP contribution is 2.16. The van der Waals surface area contributed by atoms with Crippen LogP contribution in [0.15, 0.2) is 48.5 Å². The van der Waals surface area contributed by atoms with Crippen LogP contribution in [0.2, 0.25) is 5.02 Å². The molecule has 3 rings (SSSR count). The Bertz CT molecular complexity index is 720. The van der Waals surface area contributed by atoms with Crippen LogP contribution in [0, 0.1) is 0 Å². The van der Waals surface area contributed by atoms with Gasteiger partial charge in [0.2, 0.25) is 0 Å². The summed E-state index contributed by atoms with van der Waals surface area (Å²) in [5.41, 5.74) is 7.02. The van der Waals surface area contributed by atoms with Crippen LogP contribution >= 0.6 is 36.4 Å². The monoisotopic (exact) mass is 431 g/mol. The topological polar surface area (TPSA) is 58.8 Å². The highest BCUT2D eigenvalue weighted by atomic mass is 35.5. The summed E-state index contributed by atoms with van der Waals surface area (Å²) >= 11 is 5.86. The van der Waals surface area contributed by atoms with Crippen molar-refractivity contribution in [1.29, 1.82) is 0 Å². The SMILES string of the molecule is Cl.Cl.Nc1ccccc1C(=O)N1CCN(CCOc2ccc(Cl)cc2)CC1. The van der Waals surface area contributed by atoms with Gasteiger partial charge in [-0.1, -0.05) is 23.7 Å². The van der Waals surface area contributed by atoms with Crippen molar-refractivity contribution in [3.05, 3.63) is 59.1 Å². The van der Waals surface area contributed by atoms with Gasteiger partial charge in [-0.25, -0.2) is 0 Å². The van der Waals surface area contributed by atoms with Crippen LogP contribution in [0.4, 0.5) is 5.69 Å². The molecular weight excluding hydrogens is 409 g/mol. The number of nitrogens with zero attached hydrogens (tertiary/aromatic N) is 2. The minimum atomic E-state index is 0. The Hall–Kier alpha value is -1.66. The second-order valence-corrected chi connectivity index (χ2v) is 6.46. The normalized spacial score (nSPS) is 14.0. The number of halogens is 3. The molecule has 0 spiro atoms. The smallest absolute Gasteiger partial charge is 0.256 e. The van der Waals surface area contributed by atoms with E-state index in [0.29, 0.717) is 36.0 Å². The number of rotatable bonds is 5. The Labute approximate surface area is 177 Å². The highest BCUT2D eigenvalue weighted by Gasteiger charge is 2.23. The van der Waals surface area contributed by atoms with Gasteiger partial charge >= 0.3 is 0 Å². The van der Waals surface area contributed by atoms with Gasteiger partial charge < -0.3 is 15.4 Å². The number of piperazine rings is 1. The molecule has 2 aromatic rings. The van der Waals surface area contributed by atoms with Gasteiger partial charge in [-0.05, 0) is 36.4 Å². The predicted octanol–water partition coefficient (Wildman–Crippen LogP) is 3.60. The summed E-state index contributed by atoms with van der Waals surface area (Å²) in [6.07, 6.45) is 0.